The molecular formula is C12H22N2O4. The van der Waals surface area contributed by atoms with Gasteiger partial charge in [0, 0.05) is 19.6 Å². The van der Waals surface area contributed by atoms with Gasteiger partial charge in [0.25, 0.3) is 0 Å². The van der Waals surface area contributed by atoms with Gasteiger partial charge >= 0.3 is 12.0 Å². The van der Waals surface area contributed by atoms with Gasteiger partial charge in [-0.3, -0.25) is 4.79 Å². The number of urea groups is 1. The first-order valence-corrected chi connectivity index (χ1v) is 6.30. The minimum Gasteiger partial charge on any atom is -0.481 e. The van der Waals surface area contributed by atoms with Crippen molar-refractivity contribution < 1.29 is 19.8 Å². The van der Waals surface area contributed by atoms with E-state index in [2.05, 4.69) is 5.32 Å². The minimum atomic E-state index is -0.849. The molecule has 0 bridgehead atoms. The lowest BCUT2D eigenvalue weighted by Crippen LogP contribution is -2.49. The van der Waals surface area contributed by atoms with Crippen LogP contribution in [0.1, 0.15) is 33.1 Å². The number of piperidine rings is 1. The quantitative estimate of drug-likeness (QED) is 0.690. The van der Waals surface area contributed by atoms with Crippen LogP contribution in [-0.4, -0.2) is 52.3 Å². The summed E-state index contributed by atoms with van der Waals surface area (Å²) in [6.45, 7) is 4.82. The van der Waals surface area contributed by atoms with E-state index in [1.807, 2.05) is 0 Å². The number of carbonyl (C=O) groups excluding carboxylic acids is 1. The molecule has 0 spiro atoms. The van der Waals surface area contributed by atoms with Gasteiger partial charge in [-0.1, -0.05) is 6.92 Å². The summed E-state index contributed by atoms with van der Waals surface area (Å²) in [5.74, 6) is -1.30. The van der Waals surface area contributed by atoms with Crippen molar-refractivity contribution in [3.8, 4) is 0 Å². The van der Waals surface area contributed by atoms with Gasteiger partial charge in [-0.2, -0.15) is 0 Å². The summed E-state index contributed by atoms with van der Waals surface area (Å²) in [4.78, 5) is 24.0. The number of aliphatic hydroxyl groups is 1. The molecule has 1 unspecified atom stereocenters. The highest BCUT2D eigenvalue weighted by atomic mass is 16.4. The number of carboxylic acids is 1. The largest absolute Gasteiger partial charge is 0.481 e. The molecule has 1 atom stereocenters. The smallest absolute Gasteiger partial charge is 0.317 e. The van der Waals surface area contributed by atoms with Crippen LogP contribution in [0.15, 0.2) is 0 Å². The molecule has 0 radical (unpaired) electrons. The molecule has 1 fully saturated rings. The first kappa shape index (κ1) is 14.8. The molecule has 18 heavy (non-hydrogen) atoms. The van der Waals surface area contributed by atoms with E-state index in [1.54, 1.807) is 18.7 Å². The highest BCUT2D eigenvalue weighted by Crippen LogP contribution is 2.20. The summed E-state index contributed by atoms with van der Waals surface area (Å²) in [5.41, 5.74) is -0.672. The Bertz CT molecular complexity index is 307. The summed E-state index contributed by atoms with van der Waals surface area (Å²) >= 11 is 0. The molecule has 0 aromatic carbocycles. The monoisotopic (exact) mass is 258 g/mol. The maximum atomic E-state index is 11.7. The average molecular weight is 258 g/mol. The molecule has 6 heteroatoms. The van der Waals surface area contributed by atoms with Gasteiger partial charge in [0.15, 0.2) is 0 Å². The van der Waals surface area contributed by atoms with Gasteiger partial charge in [0.1, 0.15) is 0 Å². The van der Waals surface area contributed by atoms with Crippen molar-refractivity contribution in [2.24, 2.45) is 5.92 Å². The second-order valence-corrected chi connectivity index (χ2v) is 5.24. The summed E-state index contributed by atoms with van der Waals surface area (Å²) in [7, 11) is 0. The van der Waals surface area contributed by atoms with E-state index in [0.717, 1.165) is 0 Å². The van der Waals surface area contributed by atoms with Crippen LogP contribution < -0.4 is 5.32 Å². The Balaban J connectivity index is 2.24. The molecule has 0 aromatic heterocycles. The Morgan fingerprint density at radius 1 is 1.39 bits per heavy atom. The molecule has 3 N–H and O–H groups in total. The van der Waals surface area contributed by atoms with E-state index in [0.29, 0.717) is 38.9 Å². The van der Waals surface area contributed by atoms with Crippen LogP contribution in [0.25, 0.3) is 0 Å². The number of carboxylic acid groups (broad SMARTS) is 1. The van der Waals surface area contributed by atoms with Gasteiger partial charge in [0.2, 0.25) is 0 Å². The fourth-order valence-corrected chi connectivity index (χ4v) is 1.82. The van der Waals surface area contributed by atoms with Crippen LogP contribution in [0.5, 0.6) is 0 Å². The fourth-order valence-electron chi connectivity index (χ4n) is 1.82. The van der Waals surface area contributed by atoms with E-state index in [1.165, 1.54) is 0 Å². The van der Waals surface area contributed by atoms with Crippen LogP contribution in [0.2, 0.25) is 0 Å². The predicted octanol–water partition coefficient (Wildman–Crippen LogP) is 0.654. The van der Waals surface area contributed by atoms with Crippen molar-refractivity contribution in [2.45, 2.75) is 38.7 Å². The molecule has 1 saturated heterocycles. The van der Waals surface area contributed by atoms with Crippen LogP contribution in [0.3, 0.4) is 0 Å². The SMILES string of the molecule is CC(CCNC(=O)N1CCC(C)(O)CC1)C(=O)O. The fraction of sp³-hybridized carbons (Fsp3) is 0.833. The third-order valence-electron chi connectivity index (χ3n) is 3.40. The second-order valence-electron chi connectivity index (χ2n) is 5.24. The van der Waals surface area contributed by atoms with E-state index >= 15 is 0 Å². The summed E-state index contributed by atoms with van der Waals surface area (Å²) in [6, 6.07) is -0.178. The number of amides is 2. The van der Waals surface area contributed by atoms with Crippen molar-refractivity contribution in [1.29, 1.82) is 0 Å². The number of rotatable bonds is 4. The summed E-state index contributed by atoms with van der Waals surface area (Å²) in [5, 5.41) is 21.2. The highest BCUT2D eigenvalue weighted by molar-refractivity contribution is 5.74. The van der Waals surface area contributed by atoms with Crippen LogP contribution in [-0.2, 0) is 4.79 Å². The molecule has 6 nitrogen and oxygen atoms in total. The highest BCUT2D eigenvalue weighted by Gasteiger charge is 2.29. The maximum absolute atomic E-state index is 11.7. The lowest BCUT2D eigenvalue weighted by molar-refractivity contribution is -0.141. The number of aliphatic carboxylic acids is 1. The van der Waals surface area contributed by atoms with E-state index < -0.39 is 17.5 Å². The Morgan fingerprint density at radius 2 is 1.94 bits per heavy atom. The number of carbonyl (C=O) groups is 2. The molecule has 104 valence electrons. The van der Waals surface area contributed by atoms with Gasteiger partial charge in [0.05, 0.1) is 11.5 Å². The van der Waals surface area contributed by atoms with Gasteiger partial charge in [-0.15, -0.1) is 0 Å². The van der Waals surface area contributed by atoms with Crippen LogP contribution in [0, 0.1) is 5.92 Å². The zero-order valence-electron chi connectivity index (χ0n) is 11.0. The van der Waals surface area contributed by atoms with Crippen LogP contribution in [0.4, 0.5) is 4.79 Å². The number of nitrogens with zero attached hydrogens (tertiary/aromatic N) is 1. The Kier molecular flexibility index (Phi) is 4.95. The Labute approximate surface area is 107 Å². The van der Waals surface area contributed by atoms with Crippen molar-refractivity contribution in [2.75, 3.05) is 19.6 Å². The normalized spacial score (nSPS) is 20.3. The number of hydrogen-bond acceptors (Lipinski definition) is 3. The van der Waals surface area contributed by atoms with Gasteiger partial charge in [-0.25, -0.2) is 4.79 Å². The first-order valence-electron chi connectivity index (χ1n) is 6.30. The molecule has 1 rings (SSSR count). The maximum Gasteiger partial charge on any atom is 0.317 e. The molecule has 0 saturated carbocycles. The predicted molar refractivity (Wildman–Crippen MR) is 66.2 cm³/mol. The summed E-state index contributed by atoms with van der Waals surface area (Å²) < 4.78 is 0. The lowest BCUT2D eigenvalue weighted by Gasteiger charge is -2.35. The Hall–Kier alpha value is -1.30. The standard InChI is InChI=1S/C12H22N2O4/c1-9(10(15)16)3-6-13-11(17)14-7-4-12(2,18)5-8-14/h9,18H,3-8H2,1-2H3,(H,13,17)(H,15,16). The topological polar surface area (TPSA) is 89.9 Å². The second kappa shape index (κ2) is 6.04. The number of nitrogens with one attached hydrogen (secondary N) is 1. The van der Waals surface area contributed by atoms with Crippen molar-refractivity contribution in [1.82, 2.24) is 10.2 Å². The van der Waals surface area contributed by atoms with Gasteiger partial charge < -0.3 is 20.4 Å². The molecular weight excluding hydrogens is 236 g/mol. The Morgan fingerprint density at radius 3 is 2.44 bits per heavy atom. The molecule has 0 aliphatic carbocycles. The first-order chi connectivity index (χ1) is 8.32. The van der Waals surface area contributed by atoms with Crippen molar-refractivity contribution >= 4 is 12.0 Å². The summed E-state index contributed by atoms with van der Waals surface area (Å²) in [6.07, 6.45) is 1.57. The van der Waals surface area contributed by atoms with Gasteiger partial charge in [-0.05, 0) is 26.2 Å². The molecule has 1 heterocycles. The lowest BCUT2D eigenvalue weighted by atomic mass is 9.94. The van der Waals surface area contributed by atoms with Crippen LogP contribution >= 0.6 is 0 Å². The van der Waals surface area contributed by atoms with Crippen molar-refractivity contribution in [3.05, 3.63) is 0 Å². The molecule has 2 amide bonds. The van der Waals surface area contributed by atoms with E-state index in [9.17, 15) is 14.7 Å². The average Bonchev–Trinajstić information content (AvgIpc) is 2.28. The molecule has 1 aliphatic rings. The zero-order chi connectivity index (χ0) is 13.8. The minimum absolute atomic E-state index is 0.178. The third kappa shape index (κ3) is 4.52. The molecule has 1 aliphatic heterocycles. The molecule has 0 aromatic rings. The zero-order valence-corrected chi connectivity index (χ0v) is 11.0. The number of likely N-dealkylation sites (tertiary alicyclic amines) is 1. The van der Waals surface area contributed by atoms with Crippen molar-refractivity contribution in [3.63, 3.8) is 0 Å². The van der Waals surface area contributed by atoms with E-state index in [4.69, 9.17) is 5.11 Å². The van der Waals surface area contributed by atoms with E-state index in [-0.39, 0.29) is 6.03 Å². The third-order valence-corrected chi connectivity index (χ3v) is 3.40. The number of hydrogen-bond donors (Lipinski definition) is 3.